The molecule has 2 aromatic rings. The maximum Gasteiger partial charge on any atom is 0.211 e. The number of hydrogen-bond acceptors (Lipinski definition) is 3. The molecule has 0 saturated heterocycles. The first kappa shape index (κ1) is 12.3. The largest absolute Gasteiger partial charge is 0.369 e. The van der Waals surface area contributed by atoms with Gasteiger partial charge in [-0.2, -0.15) is 5.10 Å². The third-order valence-electron chi connectivity index (χ3n) is 2.11. The highest BCUT2D eigenvalue weighted by molar-refractivity contribution is 7.17. The number of hydrogen-bond donors (Lipinski definition) is 2. The van der Waals surface area contributed by atoms with Gasteiger partial charge in [0.05, 0.1) is 6.21 Å². The average Bonchev–Trinajstić information content (AvgIpc) is 2.78. The Hall–Kier alpha value is -2.21. The molecular formula is C12H11FN4S. The molecule has 1 aromatic carbocycles. The van der Waals surface area contributed by atoms with Crippen molar-refractivity contribution in [3.8, 4) is 10.4 Å². The van der Waals surface area contributed by atoms with Crippen LogP contribution in [0.25, 0.3) is 10.4 Å². The molecule has 0 amide bonds. The minimum Gasteiger partial charge on any atom is -0.369 e. The van der Waals surface area contributed by atoms with Gasteiger partial charge < -0.3 is 11.5 Å². The first-order valence-electron chi connectivity index (χ1n) is 5.13. The zero-order chi connectivity index (χ0) is 13.0. The smallest absolute Gasteiger partial charge is 0.211 e. The normalized spacial score (nSPS) is 10.7. The summed E-state index contributed by atoms with van der Waals surface area (Å²) in [6.45, 7) is 0. The predicted octanol–water partition coefficient (Wildman–Crippen LogP) is 2.16. The molecule has 2 rings (SSSR count). The fourth-order valence-corrected chi connectivity index (χ4v) is 2.22. The molecule has 1 heterocycles. The van der Waals surface area contributed by atoms with Gasteiger partial charge in [0, 0.05) is 9.75 Å². The molecule has 0 radical (unpaired) electrons. The number of nitrogens with two attached hydrogens (primary N) is 2. The van der Waals surface area contributed by atoms with Gasteiger partial charge in [-0.25, -0.2) is 4.39 Å². The summed E-state index contributed by atoms with van der Waals surface area (Å²) in [6, 6.07) is 10.2. The van der Waals surface area contributed by atoms with E-state index < -0.39 is 0 Å². The van der Waals surface area contributed by atoms with Crippen LogP contribution >= 0.6 is 11.3 Å². The summed E-state index contributed by atoms with van der Waals surface area (Å²) >= 11 is 1.52. The van der Waals surface area contributed by atoms with Crippen molar-refractivity contribution < 1.29 is 4.39 Å². The van der Waals surface area contributed by atoms with E-state index in [2.05, 4.69) is 10.2 Å². The molecule has 0 aliphatic rings. The van der Waals surface area contributed by atoms with Crippen molar-refractivity contribution in [2.75, 3.05) is 0 Å². The Kier molecular flexibility index (Phi) is 3.69. The monoisotopic (exact) mass is 262 g/mol. The molecule has 0 saturated carbocycles. The number of guanidine groups is 1. The van der Waals surface area contributed by atoms with Crippen LogP contribution in [0.5, 0.6) is 0 Å². The Morgan fingerprint density at radius 1 is 1.11 bits per heavy atom. The van der Waals surface area contributed by atoms with Crippen molar-refractivity contribution in [2.24, 2.45) is 21.7 Å². The van der Waals surface area contributed by atoms with E-state index in [9.17, 15) is 4.39 Å². The number of benzene rings is 1. The highest BCUT2D eigenvalue weighted by Gasteiger charge is 2.01. The number of nitrogens with zero attached hydrogens (tertiary/aromatic N) is 2. The van der Waals surface area contributed by atoms with Gasteiger partial charge in [0.25, 0.3) is 0 Å². The fraction of sp³-hybridized carbons (Fsp3) is 0. The molecule has 1 aromatic heterocycles. The van der Waals surface area contributed by atoms with Crippen molar-refractivity contribution in [1.82, 2.24) is 0 Å². The number of halogens is 1. The summed E-state index contributed by atoms with van der Waals surface area (Å²) in [4.78, 5) is 1.94. The molecule has 0 fully saturated rings. The fourth-order valence-electron chi connectivity index (χ4n) is 1.34. The Labute approximate surface area is 107 Å². The molecule has 6 heteroatoms. The second-order valence-corrected chi connectivity index (χ2v) is 4.59. The van der Waals surface area contributed by atoms with Gasteiger partial charge in [0.1, 0.15) is 5.82 Å². The summed E-state index contributed by atoms with van der Waals surface area (Å²) in [6.07, 6.45) is 1.57. The Bertz CT molecular complexity index is 582. The lowest BCUT2D eigenvalue weighted by Gasteiger charge is -1.95. The third-order valence-corrected chi connectivity index (χ3v) is 3.18. The van der Waals surface area contributed by atoms with Gasteiger partial charge in [-0.3, -0.25) is 0 Å². The van der Waals surface area contributed by atoms with Crippen LogP contribution in [-0.4, -0.2) is 12.2 Å². The molecule has 18 heavy (non-hydrogen) atoms. The van der Waals surface area contributed by atoms with Crippen molar-refractivity contribution >= 4 is 23.5 Å². The first-order chi connectivity index (χ1) is 8.65. The quantitative estimate of drug-likeness (QED) is 0.505. The first-order valence-corrected chi connectivity index (χ1v) is 5.94. The predicted molar refractivity (Wildman–Crippen MR) is 73.1 cm³/mol. The molecule has 0 atom stereocenters. The molecule has 0 unspecified atom stereocenters. The van der Waals surface area contributed by atoms with E-state index in [1.807, 2.05) is 12.1 Å². The second-order valence-electron chi connectivity index (χ2n) is 3.48. The number of rotatable bonds is 3. The van der Waals surface area contributed by atoms with Gasteiger partial charge >= 0.3 is 0 Å². The SMILES string of the molecule is NC(N)=N/N=C/c1ccc(-c2ccc(F)cc2)s1. The molecule has 92 valence electrons. The molecule has 0 spiro atoms. The van der Waals surface area contributed by atoms with Crippen LogP contribution in [-0.2, 0) is 0 Å². The van der Waals surface area contributed by atoms with E-state index in [0.29, 0.717) is 0 Å². The van der Waals surface area contributed by atoms with Crippen LogP contribution in [0.1, 0.15) is 4.88 Å². The van der Waals surface area contributed by atoms with Crippen LogP contribution in [0.4, 0.5) is 4.39 Å². The van der Waals surface area contributed by atoms with Gasteiger partial charge in [-0.1, -0.05) is 12.1 Å². The molecule has 4 nitrogen and oxygen atoms in total. The summed E-state index contributed by atoms with van der Waals surface area (Å²) in [5.41, 5.74) is 11.3. The maximum absolute atomic E-state index is 12.8. The van der Waals surface area contributed by atoms with E-state index in [0.717, 1.165) is 15.3 Å². The summed E-state index contributed by atoms with van der Waals surface area (Å²) < 4.78 is 12.8. The van der Waals surface area contributed by atoms with Crippen molar-refractivity contribution in [3.05, 3.63) is 47.1 Å². The van der Waals surface area contributed by atoms with Gasteiger partial charge in [0.2, 0.25) is 5.96 Å². The van der Waals surface area contributed by atoms with Crippen molar-refractivity contribution in [2.45, 2.75) is 0 Å². The molecule has 0 bridgehead atoms. The van der Waals surface area contributed by atoms with E-state index in [4.69, 9.17) is 11.5 Å². The van der Waals surface area contributed by atoms with Gasteiger partial charge in [-0.15, -0.1) is 16.4 Å². The molecule has 0 aliphatic heterocycles. The minimum absolute atomic E-state index is 0.0819. The third kappa shape index (κ3) is 3.14. The zero-order valence-corrected chi connectivity index (χ0v) is 10.2. The minimum atomic E-state index is -0.246. The molecular weight excluding hydrogens is 251 g/mol. The Morgan fingerprint density at radius 2 is 1.83 bits per heavy atom. The van der Waals surface area contributed by atoms with E-state index in [-0.39, 0.29) is 11.8 Å². The topological polar surface area (TPSA) is 76.8 Å². The van der Waals surface area contributed by atoms with E-state index in [1.54, 1.807) is 18.3 Å². The van der Waals surface area contributed by atoms with Crippen LogP contribution in [0.3, 0.4) is 0 Å². The van der Waals surface area contributed by atoms with Crippen LogP contribution in [0.2, 0.25) is 0 Å². The summed E-state index contributed by atoms with van der Waals surface area (Å²) in [5, 5.41) is 7.24. The average molecular weight is 262 g/mol. The standard InChI is InChI=1S/C12H11FN4S/c13-9-3-1-8(2-4-9)11-6-5-10(18-11)7-16-17-12(14)15/h1-7H,(H4,14,15,17)/b16-7+. The van der Waals surface area contributed by atoms with Crippen molar-refractivity contribution in [1.29, 1.82) is 0 Å². The van der Waals surface area contributed by atoms with Crippen molar-refractivity contribution in [3.63, 3.8) is 0 Å². The van der Waals surface area contributed by atoms with E-state index in [1.165, 1.54) is 23.5 Å². The summed E-state index contributed by atoms with van der Waals surface area (Å²) in [7, 11) is 0. The highest BCUT2D eigenvalue weighted by atomic mass is 32.1. The number of thiophene rings is 1. The Morgan fingerprint density at radius 3 is 2.50 bits per heavy atom. The maximum atomic E-state index is 12.8. The highest BCUT2D eigenvalue weighted by Crippen LogP contribution is 2.27. The lowest BCUT2D eigenvalue weighted by atomic mass is 10.2. The molecule has 0 aliphatic carbocycles. The van der Waals surface area contributed by atoms with Crippen LogP contribution < -0.4 is 11.5 Å². The zero-order valence-electron chi connectivity index (χ0n) is 9.38. The molecule has 4 N–H and O–H groups in total. The van der Waals surface area contributed by atoms with Gasteiger partial charge in [0.15, 0.2) is 0 Å². The van der Waals surface area contributed by atoms with Crippen LogP contribution in [0.15, 0.2) is 46.6 Å². The Balaban J connectivity index is 2.18. The summed E-state index contributed by atoms with van der Waals surface area (Å²) in [5.74, 6) is -0.327. The van der Waals surface area contributed by atoms with Crippen LogP contribution in [0, 0.1) is 5.82 Å². The second kappa shape index (κ2) is 5.42. The lowest BCUT2D eigenvalue weighted by molar-refractivity contribution is 0.628. The van der Waals surface area contributed by atoms with E-state index >= 15 is 0 Å². The lowest BCUT2D eigenvalue weighted by Crippen LogP contribution is -2.21. The van der Waals surface area contributed by atoms with Gasteiger partial charge in [-0.05, 0) is 29.8 Å².